The number of ether oxygens (including phenoxy) is 2. The maximum Gasteiger partial charge on any atom is 0.303 e. The summed E-state index contributed by atoms with van der Waals surface area (Å²) < 4.78 is 11.3. The van der Waals surface area contributed by atoms with Gasteiger partial charge in [-0.05, 0) is 39.0 Å². The van der Waals surface area contributed by atoms with Gasteiger partial charge in [-0.15, -0.1) is 0 Å². The van der Waals surface area contributed by atoms with Crippen molar-refractivity contribution in [2.45, 2.75) is 262 Å². The van der Waals surface area contributed by atoms with Crippen LogP contribution in [0.2, 0.25) is 0 Å². The van der Waals surface area contributed by atoms with Crippen molar-refractivity contribution in [3.63, 3.8) is 0 Å². The minimum atomic E-state index is -1.52. The van der Waals surface area contributed by atoms with Crippen molar-refractivity contribution in [2.75, 3.05) is 20.2 Å². The Bertz CT molecular complexity index is 1330. The zero-order valence-corrected chi connectivity index (χ0v) is 43.2. The van der Waals surface area contributed by atoms with Crippen LogP contribution >= 0.6 is 0 Å². The fourth-order valence-corrected chi connectivity index (χ4v) is 8.33. The van der Waals surface area contributed by atoms with Crippen LogP contribution in [0.4, 0.5) is 0 Å². The average molecular weight is 986 g/mol. The third-order valence-corrected chi connectivity index (χ3v) is 12.7. The van der Waals surface area contributed by atoms with E-state index >= 15 is 0 Å². The van der Waals surface area contributed by atoms with E-state index in [1.165, 1.54) is 130 Å². The molecule has 1 aliphatic heterocycles. The Labute approximate surface area is 415 Å². The van der Waals surface area contributed by atoms with Crippen molar-refractivity contribution in [2.24, 2.45) is 28.1 Å². The minimum absolute atomic E-state index is 0.0738. The fourth-order valence-electron chi connectivity index (χ4n) is 8.33. The van der Waals surface area contributed by atoms with Gasteiger partial charge in [0.05, 0.1) is 18.8 Å². The lowest BCUT2D eigenvalue weighted by atomic mass is 9.93. The molecule has 13 N–H and O–H groups in total. The van der Waals surface area contributed by atoms with Crippen LogP contribution in [0, 0.1) is 5.92 Å². The molecule has 404 valence electrons. The number of aliphatic imine (C=N–C) groups is 1. The van der Waals surface area contributed by atoms with Crippen molar-refractivity contribution >= 4 is 35.9 Å². The number of amides is 3. The normalized spacial score (nSPS) is 18.3. The van der Waals surface area contributed by atoms with Gasteiger partial charge in [0, 0.05) is 25.9 Å². The average Bonchev–Trinajstić information content (AvgIpc) is 3.61. The molecule has 0 spiro atoms. The summed E-state index contributed by atoms with van der Waals surface area (Å²) in [6, 6.07) is -2.89. The first-order valence-corrected chi connectivity index (χ1v) is 26.7. The Hall–Kier alpha value is -3.42. The molecule has 1 rings (SSSR count). The van der Waals surface area contributed by atoms with Gasteiger partial charge < -0.3 is 67.8 Å². The van der Waals surface area contributed by atoms with E-state index in [2.05, 4.69) is 34.8 Å². The van der Waals surface area contributed by atoms with Crippen molar-refractivity contribution in [3.05, 3.63) is 0 Å². The molecular weight excluding hydrogens is 887 g/mol. The third kappa shape index (κ3) is 34.5. The Kier molecular flexibility index (Phi) is 41.2. The minimum Gasteiger partial charge on any atom is -0.481 e. The summed E-state index contributed by atoms with van der Waals surface area (Å²) in [5, 5.41) is 48.0. The van der Waals surface area contributed by atoms with E-state index < -0.39 is 67.2 Å². The molecule has 1 fully saturated rings. The molecule has 8 atom stereocenters. The van der Waals surface area contributed by atoms with E-state index in [0.29, 0.717) is 25.8 Å². The van der Waals surface area contributed by atoms with Gasteiger partial charge in [-0.25, -0.2) is 0 Å². The first kappa shape index (κ1) is 65.6. The van der Waals surface area contributed by atoms with Crippen LogP contribution in [-0.2, 0) is 33.4 Å². The van der Waals surface area contributed by atoms with Gasteiger partial charge >= 0.3 is 5.97 Å². The second-order valence-electron chi connectivity index (χ2n) is 19.0. The molecule has 1 saturated heterocycles. The number of carboxylic acids is 1. The van der Waals surface area contributed by atoms with E-state index in [4.69, 9.17) is 26.7 Å². The first-order chi connectivity index (χ1) is 33.1. The molecule has 69 heavy (non-hydrogen) atoms. The van der Waals surface area contributed by atoms with E-state index in [1.54, 1.807) is 0 Å². The number of likely N-dealkylation sites (N-methyl/N-ethyl adjacent to an activating group) is 1. The largest absolute Gasteiger partial charge is 0.481 e. The number of aliphatic carboxylic acids is 1. The smallest absolute Gasteiger partial charge is 0.303 e. The molecule has 0 aromatic carbocycles. The molecular formula is C51H99N7O11. The van der Waals surface area contributed by atoms with Crippen molar-refractivity contribution in [1.82, 2.24) is 16.0 Å². The fraction of sp³-hybridized carbons (Fsp3) is 0.882. The second kappa shape index (κ2) is 43.4. The number of carbonyl (C=O) groups is 5. The number of nitrogens with zero attached hydrogens (tertiary/aromatic N) is 1. The Morgan fingerprint density at radius 1 is 0.652 bits per heavy atom. The van der Waals surface area contributed by atoms with Crippen LogP contribution in [0.1, 0.15) is 213 Å². The van der Waals surface area contributed by atoms with Crippen molar-refractivity contribution in [1.29, 1.82) is 0 Å². The third-order valence-electron chi connectivity index (χ3n) is 12.7. The standard InChI is InChI=1S/C45H85N3O10.C6H14N4O/c1-5-7-9-11-13-15-17-19-21-23-25-27-29-35(30-28-26-24-22-20-18-16-14-12-10-8-6-2)42(54)48-37(33-57-45-40(53)39(52)41(58-45)34(3)49)44(56)47-36(43(55)46-4)31-32-38(50)51;7-5(4-11)2-1-3-10-6(8)9/h34-37,39-41,45,49,52-53H,5-33H2,1-4H3,(H,46,55)(H,47,56)(H,48,54)(H,50,51);4-5H,1-3,7H2,(H4,8,9,10)/t34?,36-,37+,39-,40-,41+,45+;5-/m00/s1. The molecule has 0 aliphatic carbocycles. The molecule has 0 radical (unpaired) electrons. The van der Waals surface area contributed by atoms with Crippen molar-refractivity contribution < 1.29 is 53.9 Å². The number of aliphatic hydroxyl groups excluding tert-OH is 3. The van der Waals surface area contributed by atoms with E-state index in [-0.39, 0.29) is 36.7 Å². The number of aldehydes is 1. The van der Waals surface area contributed by atoms with Crippen LogP contribution in [0.15, 0.2) is 4.99 Å². The molecule has 0 saturated carbocycles. The molecule has 3 amide bonds. The van der Waals surface area contributed by atoms with Gasteiger partial charge in [-0.2, -0.15) is 0 Å². The van der Waals surface area contributed by atoms with Gasteiger partial charge in [-0.3, -0.25) is 24.2 Å². The molecule has 18 heteroatoms. The molecule has 1 unspecified atom stereocenters. The number of rotatable bonds is 43. The summed E-state index contributed by atoms with van der Waals surface area (Å²) in [6.07, 6.45) is 25.4. The zero-order chi connectivity index (χ0) is 51.7. The van der Waals surface area contributed by atoms with Gasteiger partial charge in [0.1, 0.15) is 36.7 Å². The number of guanidine groups is 1. The van der Waals surface area contributed by atoms with Crippen LogP contribution < -0.4 is 33.2 Å². The lowest BCUT2D eigenvalue weighted by Crippen LogP contribution is -2.56. The highest BCUT2D eigenvalue weighted by molar-refractivity contribution is 5.92. The Morgan fingerprint density at radius 2 is 1.10 bits per heavy atom. The highest BCUT2D eigenvalue weighted by Crippen LogP contribution is 2.25. The van der Waals surface area contributed by atoms with E-state index in [1.807, 2.05) is 0 Å². The van der Waals surface area contributed by atoms with E-state index in [0.717, 1.165) is 51.2 Å². The van der Waals surface area contributed by atoms with Gasteiger partial charge in [0.15, 0.2) is 12.2 Å². The van der Waals surface area contributed by atoms with Gasteiger partial charge in [-0.1, -0.05) is 168 Å². The highest BCUT2D eigenvalue weighted by Gasteiger charge is 2.46. The summed E-state index contributed by atoms with van der Waals surface area (Å²) in [5.74, 6) is -3.07. The maximum absolute atomic E-state index is 14.0. The number of carboxylic acid groups (broad SMARTS) is 1. The van der Waals surface area contributed by atoms with Crippen LogP contribution in [-0.4, -0.2) is 125 Å². The summed E-state index contributed by atoms with van der Waals surface area (Å²) in [7, 11) is 1.38. The molecule has 18 nitrogen and oxygen atoms in total. The summed E-state index contributed by atoms with van der Waals surface area (Å²) >= 11 is 0. The topological polar surface area (TPSA) is 311 Å². The number of hydrogen-bond donors (Lipinski definition) is 10. The summed E-state index contributed by atoms with van der Waals surface area (Å²) in [5.41, 5.74) is 15.4. The second-order valence-corrected chi connectivity index (χ2v) is 19.0. The number of nitrogens with one attached hydrogen (secondary N) is 3. The zero-order valence-electron chi connectivity index (χ0n) is 43.2. The quantitative estimate of drug-likeness (QED) is 0.0150. The number of aliphatic hydroxyl groups is 3. The van der Waals surface area contributed by atoms with Gasteiger partial charge in [0.25, 0.3) is 0 Å². The lowest BCUT2D eigenvalue weighted by molar-refractivity contribution is -0.181. The molecule has 1 heterocycles. The maximum atomic E-state index is 14.0. The molecule has 0 aromatic heterocycles. The monoisotopic (exact) mass is 986 g/mol. The predicted molar refractivity (Wildman–Crippen MR) is 272 cm³/mol. The summed E-state index contributed by atoms with van der Waals surface area (Å²) in [4.78, 5) is 65.4. The Morgan fingerprint density at radius 3 is 1.49 bits per heavy atom. The number of hydrogen-bond acceptors (Lipinski definition) is 12. The van der Waals surface area contributed by atoms with Gasteiger partial charge in [0.2, 0.25) is 17.7 Å². The van der Waals surface area contributed by atoms with E-state index in [9.17, 15) is 44.4 Å². The van der Waals surface area contributed by atoms with Crippen LogP contribution in [0.25, 0.3) is 0 Å². The Balaban J connectivity index is 0.00000370. The molecule has 0 aromatic rings. The predicted octanol–water partition coefficient (Wildman–Crippen LogP) is 5.78. The number of unbranched alkanes of at least 4 members (excludes halogenated alkanes) is 22. The lowest BCUT2D eigenvalue weighted by Gasteiger charge is -2.26. The number of nitrogens with two attached hydrogens (primary N) is 3. The SMILES string of the molecule is CCCCCCCCCCCCCCC(CCCCCCCCCCCCCC)C(=O)N[C@H](CO[C@@H]1O[C@H](C(C)O)[C@@H](O)[C@@H]1O)C(=O)N[C@@H](CCC(=O)O)C(=O)NC.NC(N)=NCCC[C@H](N)C=O. The first-order valence-electron chi connectivity index (χ1n) is 26.7. The highest BCUT2D eigenvalue weighted by atomic mass is 16.7. The van der Waals surface area contributed by atoms with Crippen LogP contribution in [0.3, 0.4) is 0 Å². The molecule has 0 bridgehead atoms. The number of carbonyl (C=O) groups excluding carboxylic acids is 4. The van der Waals surface area contributed by atoms with Crippen molar-refractivity contribution in [3.8, 4) is 0 Å². The summed E-state index contributed by atoms with van der Waals surface area (Å²) in [6.45, 7) is 5.94. The molecule has 1 aliphatic rings. The van der Waals surface area contributed by atoms with Crippen LogP contribution in [0.5, 0.6) is 0 Å².